The van der Waals surface area contributed by atoms with Gasteiger partial charge in [0.1, 0.15) is 0 Å². The predicted molar refractivity (Wildman–Crippen MR) is 105 cm³/mol. The lowest BCUT2D eigenvalue weighted by Gasteiger charge is -2.32. The Bertz CT molecular complexity index is 1030. The van der Waals surface area contributed by atoms with Gasteiger partial charge >= 0.3 is 0 Å². The van der Waals surface area contributed by atoms with Crippen LogP contribution in [0.5, 0.6) is 0 Å². The number of benzene rings is 1. The molecule has 3 heterocycles. The summed E-state index contributed by atoms with van der Waals surface area (Å²) in [6.07, 6.45) is 3.77. The van der Waals surface area contributed by atoms with E-state index in [-0.39, 0.29) is 30.8 Å². The maximum absolute atomic E-state index is 12.5. The zero-order chi connectivity index (χ0) is 19.5. The van der Waals surface area contributed by atoms with Gasteiger partial charge in [0.15, 0.2) is 5.82 Å². The first-order valence-electron chi connectivity index (χ1n) is 8.81. The normalized spacial score (nSPS) is 15.3. The van der Waals surface area contributed by atoms with E-state index in [9.17, 15) is 9.59 Å². The molecule has 0 saturated carbocycles. The molecule has 8 heteroatoms. The van der Waals surface area contributed by atoms with Crippen molar-refractivity contribution >= 4 is 29.2 Å². The highest BCUT2D eigenvalue weighted by molar-refractivity contribution is 7.13. The maximum Gasteiger partial charge on any atom is 0.268 e. The van der Waals surface area contributed by atoms with Crippen LogP contribution in [0.2, 0.25) is 0 Å². The molecule has 1 aliphatic heterocycles. The Morgan fingerprint density at radius 3 is 2.89 bits per heavy atom. The molecular weight excluding hydrogens is 376 g/mol. The molecule has 0 radical (unpaired) electrons. The van der Waals surface area contributed by atoms with Gasteiger partial charge in [-0.1, -0.05) is 35.5 Å². The minimum atomic E-state index is -0.342. The van der Waals surface area contributed by atoms with E-state index in [1.165, 1.54) is 18.3 Å². The number of carbonyl (C=O) groups excluding carboxylic acids is 2. The SMILES string of the molecule is CC(=O)N1C=Cc2ccccc2[C@@H]1CC(=O)NCc1noc(-c2cccs2)n1. The molecule has 4 rings (SSSR count). The molecule has 1 N–H and O–H groups in total. The van der Waals surface area contributed by atoms with Crippen LogP contribution in [0.3, 0.4) is 0 Å². The number of carbonyl (C=O) groups is 2. The van der Waals surface area contributed by atoms with E-state index in [1.54, 1.807) is 11.1 Å². The molecule has 0 bridgehead atoms. The third-order valence-corrected chi connectivity index (χ3v) is 5.35. The van der Waals surface area contributed by atoms with Gasteiger partial charge in [-0.05, 0) is 28.6 Å². The summed E-state index contributed by atoms with van der Waals surface area (Å²) in [7, 11) is 0. The van der Waals surface area contributed by atoms with Crippen LogP contribution in [0.4, 0.5) is 0 Å². The zero-order valence-electron chi connectivity index (χ0n) is 15.2. The number of hydrogen-bond acceptors (Lipinski definition) is 6. The van der Waals surface area contributed by atoms with Gasteiger partial charge in [0.2, 0.25) is 11.8 Å². The van der Waals surface area contributed by atoms with Crippen molar-refractivity contribution < 1.29 is 14.1 Å². The van der Waals surface area contributed by atoms with Crippen molar-refractivity contribution in [1.82, 2.24) is 20.4 Å². The molecule has 3 aromatic rings. The van der Waals surface area contributed by atoms with Gasteiger partial charge < -0.3 is 14.7 Å². The summed E-state index contributed by atoms with van der Waals surface area (Å²) in [6.45, 7) is 1.66. The molecule has 0 saturated heterocycles. The molecular formula is C20H18N4O3S. The highest BCUT2D eigenvalue weighted by Crippen LogP contribution is 2.32. The largest absolute Gasteiger partial charge is 0.349 e. The second-order valence-corrected chi connectivity index (χ2v) is 7.31. The number of nitrogens with zero attached hydrogens (tertiary/aromatic N) is 3. The Kier molecular flexibility index (Phi) is 5.03. The monoisotopic (exact) mass is 394 g/mol. The molecule has 0 unspecified atom stereocenters. The van der Waals surface area contributed by atoms with Crippen LogP contribution in [0.25, 0.3) is 16.8 Å². The van der Waals surface area contributed by atoms with E-state index in [0.717, 1.165) is 16.0 Å². The average molecular weight is 394 g/mol. The Morgan fingerprint density at radius 2 is 2.11 bits per heavy atom. The minimum Gasteiger partial charge on any atom is -0.349 e. The highest BCUT2D eigenvalue weighted by atomic mass is 32.1. The summed E-state index contributed by atoms with van der Waals surface area (Å²) in [5, 5.41) is 8.64. The second kappa shape index (κ2) is 7.77. The minimum absolute atomic E-state index is 0.109. The highest BCUT2D eigenvalue weighted by Gasteiger charge is 2.28. The zero-order valence-corrected chi connectivity index (χ0v) is 16.0. The standard InChI is InChI=1S/C20H18N4O3S/c1-13(25)24-9-8-14-5-2-3-6-15(14)16(24)11-19(26)21-12-18-22-20(27-23-18)17-7-4-10-28-17/h2-10,16H,11-12H2,1H3,(H,21,26)/t16-/m0/s1. The van der Waals surface area contributed by atoms with E-state index in [4.69, 9.17) is 4.52 Å². The van der Waals surface area contributed by atoms with Gasteiger partial charge in [0, 0.05) is 13.1 Å². The fourth-order valence-corrected chi connectivity index (χ4v) is 3.81. The molecule has 1 atom stereocenters. The number of nitrogens with one attached hydrogen (secondary N) is 1. The first-order valence-corrected chi connectivity index (χ1v) is 9.69. The van der Waals surface area contributed by atoms with E-state index >= 15 is 0 Å². The summed E-state index contributed by atoms with van der Waals surface area (Å²) >= 11 is 1.51. The summed E-state index contributed by atoms with van der Waals surface area (Å²) < 4.78 is 5.22. The number of rotatable bonds is 5. The van der Waals surface area contributed by atoms with Crippen molar-refractivity contribution in [3.8, 4) is 10.8 Å². The van der Waals surface area contributed by atoms with Crippen molar-refractivity contribution in [2.24, 2.45) is 0 Å². The second-order valence-electron chi connectivity index (χ2n) is 6.36. The lowest BCUT2D eigenvalue weighted by atomic mass is 9.93. The lowest BCUT2D eigenvalue weighted by molar-refractivity contribution is -0.130. The Balaban J connectivity index is 1.42. The van der Waals surface area contributed by atoms with E-state index < -0.39 is 0 Å². The van der Waals surface area contributed by atoms with Crippen molar-refractivity contribution in [3.63, 3.8) is 0 Å². The first kappa shape index (κ1) is 18.1. The number of aromatic nitrogens is 2. The number of fused-ring (bicyclic) bond motifs is 1. The van der Waals surface area contributed by atoms with Gasteiger partial charge in [-0.2, -0.15) is 4.98 Å². The third kappa shape index (κ3) is 3.72. The van der Waals surface area contributed by atoms with Crippen molar-refractivity contribution in [2.75, 3.05) is 0 Å². The van der Waals surface area contributed by atoms with Crippen molar-refractivity contribution in [2.45, 2.75) is 25.9 Å². The fourth-order valence-electron chi connectivity index (χ4n) is 3.16. The van der Waals surface area contributed by atoms with E-state index in [0.29, 0.717) is 11.7 Å². The third-order valence-electron chi connectivity index (χ3n) is 4.49. The average Bonchev–Trinajstić information content (AvgIpc) is 3.38. The molecule has 1 aromatic carbocycles. The van der Waals surface area contributed by atoms with E-state index in [1.807, 2.05) is 47.9 Å². The first-order chi connectivity index (χ1) is 13.6. The molecule has 28 heavy (non-hydrogen) atoms. The topological polar surface area (TPSA) is 88.3 Å². The summed E-state index contributed by atoms with van der Waals surface area (Å²) in [5.41, 5.74) is 1.96. The Labute approximate surface area is 165 Å². The summed E-state index contributed by atoms with van der Waals surface area (Å²) in [6, 6.07) is 11.2. The van der Waals surface area contributed by atoms with Crippen LogP contribution < -0.4 is 5.32 Å². The van der Waals surface area contributed by atoms with Crippen LogP contribution in [-0.4, -0.2) is 26.9 Å². The van der Waals surface area contributed by atoms with E-state index in [2.05, 4.69) is 15.5 Å². The van der Waals surface area contributed by atoms with Crippen LogP contribution in [0, 0.1) is 0 Å². The molecule has 0 spiro atoms. The van der Waals surface area contributed by atoms with Gasteiger partial charge in [-0.25, -0.2) is 0 Å². The molecule has 0 fully saturated rings. The predicted octanol–water partition coefficient (Wildman–Crippen LogP) is 3.38. The van der Waals surface area contributed by atoms with Crippen LogP contribution in [-0.2, 0) is 16.1 Å². The van der Waals surface area contributed by atoms with Crippen LogP contribution in [0.15, 0.2) is 52.5 Å². The maximum atomic E-state index is 12.5. The number of hydrogen-bond donors (Lipinski definition) is 1. The van der Waals surface area contributed by atoms with Crippen molar-refractivity contribution in [3.05, 3.63) is 64.9 Å². The van der Waals surface area contributed by atoms with Gasteiger partial charge in [-0.15, -0.1) is 11.3 Å². The van der Waals surface area contributed by atoms with Gasteiger partial charge in [0.05, 0.1) is 23.9 Å². The van der Waals surface area contributed by atoms with Crippen LogP contribution in [0.1, 0.15) is 36.3 Å². The quantitative estimate of drug-likeness (QED) is 0.717. The molecule has 1 aliphatic rings. The van der Waals surface area contributed by atoms with Gasteiger partial charge in [0.25, 0.3) is 5.89 Å². The molecule has 2 amide bonds. The number of amides is 2. The molecule has 0 aliphatic carbocycles. The van der Waals surface area contributed by atoms with Gasteiger partial charge in [-0.3, -0.25) is 9.59 Å². The molecule has 7 nitrogen and oxygen atoms in total. The summed E-state index contributed by atoms with van der Waals surface area (Å²) in [4.78, 5) is 31.3. The summed E-state index contributed by atoms with van der Waals surface area (Å²) in [5.74, 6) is 0.545. The molecule has 142 valence electrons. The molecule has 2 aromatic heterocycles. The van der Waals surface area contributed by atoms with Crippen molar-refractivity contribution in [1.29, 1.82) is 0 Å². The Morgan fingerprint density at radius 1 is 1.25 bits per heavy atom. The lowest BCUT2D eigenvalue weighted by Crippen LogP contribution is -2.35. The fraction of sp³-hybridized carbons (Fsp3) is 0.200. The Hall–Kier alpha value is -3.26. The smallest absolute Gasteiger partial charge is 0.268 e. The van der Waals surface area contributed by atoms with Crippen LogP contribution >= 0.6 is 11.3 Å². The number of thiophene rings is 1.